The third-order valence-corrected chi connectivity index (χ3v) is 4.56. The predicted octanol–water partition coefficient (Wildman–Crippen LogP) is 5.96. The van der Waals surface area contributed by atoms with Gasteiger partial charge >= 0.3 is 0 Å². The van der Waals surface area contributed by atoms with Gasteiger partial charge in [-0.3, -0.25) is 0 Å². The van der Waals surface area contributed by atoms with Crippen LogP contribution in [0.3, 0.4) is 0 Å². The molecule has 0 saturated carbocycles. The summed E-state index contributed by atoms with van der Waals surface area (Å²) < 4.78 is 14.7. The van der Waals surface area contributed by atoms with Crippen LogP contribution in [0.15, 0.2) is 16.6 Å². The van der Waals surface area contributed by atoms with E-state index >= 15 is 0 Å². The molecule has 1 rings (SSSR count). The van der Waals surface area contributed by atoms with Gasteiger partial charge in [0.2, 0.25) is 0 Å². The number of rotatable bonds is 5. The molecule has 0 aliphatic rings. The fourth-order valence-corrected chi connectivity index (χ4v) is 3.22. The molecule has 1 aromatic carbocycles. The highest BCUT2D eigenvalue weighted by molar-refractivity contribution is 9.10. The third-order valence-electron chi connectivity index (χ3n) is 3.36. The zero-order valence-electron chi connectivity index (χ0n) is 12.9. The topological polar surface area (TPSA) is 12.0 Å². The van der Waals surface area contributed by atoms with Gasteiger partial charge in [0.1, 0.15) is 5.82 Å². The first-order valence-corrected chi connectivity index (χ1v) is 8.13. The minimum Gasteiger partial charge on any atom is -0.313 e. The predicted molar refractivity (Wildman–Crippen MR) is 88.8 cm³/mol. The average Bonchev–Trinajstić information content (AvgIpc) is 2.29. The highest BCUT2D eigenvalue weighted by Crippen LogP contribution is 2.34. The Morgan fingerprint density at radius 3 is 2.45 bits per heavy atom. The molecule has 0 aliphatic carbocycles. The summed E-state index contributed by atoms with van der Waals surface area (Å²) >= 11 is 9.34. The van der Waals surface area contributed by atoms with E-state index in [2.05, 4.69) is 48.9 Å². The summed E-state index contributed by atoms with van der Waals surface area (Å²) in [6.07, 6.45) is 2.00. The van der Waals surface area contributed by atoms with Crippen molar-refractivity contribution in [3.05, 3.63) is 33.0 Å². The van der Waals surface area contributed by atoms with E-state index in [1.54, 1.807) is 6.07 Å². The van der Waals surface area contributed by atoms with E-state index < -0.39 is 0 Å². The van der Waals surface area contributed by atoms with Gasteiger partial charge in [0.25, 0.3) is 0 Å². The highest BCUT2D eigenvalue weighted by Gasteiger charge is 2.22. The maximum absolute atomic E-state index is 14.1. The Morgan fingerprint density at radius 1 is 1.35 bits per heavy atom. The van der Waals surface area contributed by atoms with E-state index in [0.717, 1.165) is 12.8 Å². The second kappa shape index (κ2) is 7.24. The molecule has 0 radical (unpaired) electrons. The van der Waals surface area contributed by atoms with Crippen molar-refractivity contribution in [3.8, 4) is 0 Å². The van der Waals surface area contributed by atoms with Gasteiger partial charge in [-0.1, -0.05) is 39.3 Å². The largest absolute Gasteiger partial charge is 0.313 e. The standard InChI is InChI=1S/C16H24BrClFN/c1-10(9-16(2,3)4)6-15(20-5)11-7-13(18)12(17)8-14(11)19/h7-8,10,15,20H,6,9H2,1-5H3. The zero-order valence-corrected chi connectivity index (χ0v) is 15.2. The summed E-state index contributed by atoms with van der Waals surface area (Å²) in [4.78, 5) is 0. The number of hydrogen-bond donors (Lipinski definition) is 1. The molecule has 0 spiro atoms. The molecule has 114 valence electrons. The van der Waals surface area contributed by atoms with Gasteiger partial charge in [-0.15, -0.1) is 0 Å². The van der Waals surface area contributed by atoms with E-state index in [1.165, 1.54) is 6.07 Å². The lowest BCUT2D eigenvalue weighted by Gasteiger charge is -2.27. The molecule has 0 aromatic heterocycles. The van der Waals surface area contributed by atoms with E-state index in [-0.39, 0.29) is 17.3 Å². The van der Waals surface area contributed by atoms with Crippen molar-refractivity contribution < 1.29 is 4.39 Å². The number of nitrogens with one attached hydrogen (secondary N) is 1. The lowest BCUT2D eigenvalue weighted by molar-refractivity contribution is 0.277. The molecule has 1 N–H and O–H groups in total. The van der Waals surface area contributed by atoms with Crippen LogP contribution in [0, 0.1) is 17.2 Å². The molecule has 0 fully saturated rings. The van der Waals surface area contributed by atoms with E-state index in [1.807, 2.05) is 7.05 Å². The van der Waals surface area contributed by atoms with Crippen LogP contribution in [0.5, 0.6) is 0 Å². The van der Waals surface area contributed by atoms with Crippen molar-refractivity contribution in [1.29, 1.82) is 0 Å². The Kier molecular flexibility index (Phi) is 6.49. The fourth-order valence-electron chi connectivity index (χ4n) is 2.74. The van der Waals surface area contributed by atoms with Crippen LogP contribution in [0.1, 0.15) is 52.1 Å². The third kappa shape index (κ3) is 5.34. The number of benzene rings is 1. The van der Waals surface area contributed by atoms with Crippen LogP contribution in [-0.2, 0) is 0 Å². The summed E-state index contributed by atoms with van der Waals surface area (Å²) in [5.74, 6) is 0.290. The second-order valence-corrected chi connectivity index (χ2v) is 8.00. The van der Waals surface area contributed by atoms with Crippen LogP contribution in [0.2, 0.25) is 5.02 Å². The molecular formula is C16H24BrClFN. The van der Waals surface area contributed by atoms with E-state index in [4.69, 9.17) is 11.6 Å². The normalized spacial score (nSPS) is 15.2. The van der Waals surface area contributed by atoms with Crippen molar-refractivity contribution in [2.24, 2.45) is 11.3 Å². The maximum atomic E-state index is 14.1. The van der Waals surface area contributed by atoms with Gasteiger partial charge in [-0.25, -0.2) is 4.39 Å². The van der Waals surface area contributed by atoms with Gasteiger partial charge in [0.15, 0.2) is 0 Å². The Balaban J connectivity index is 2.89. The molecule has 0 amide bonds. The molecule has 1 nitrogen and oxygen atoms in total. The van der Waals surface area contributed by atoms with Crippen molar-refractivity contribution in [3.63, 3.8) is 0 Å². The first kappa shape index (κ1) is 17.9. The lowest BCUT2D eigenvalue weighted by atomic mass is 9.82. The molecule has 0 aliphatic heterocycles. The quantitative estimate of drug-likeness (QED) is 0.635. The van der Waals surface area contributed by atoms with Crippen LogP contribution in [0.25, 0.3) is 0 Å². The molecule has 0 heterocycles. The molecular weight excluding hydrogens is 341 g/mol. The van der Waals surface area contributed by atoms with Crippen molar-refractivity contribution in [2.45, 2.75) is 46.6 Å². The zero-order chi connectivity index (χ0) is 15.5. The van der Waals surface area contributed by atoms with Crippen molar-refractivity contribution in [2.75, 3.05) is 7.05 Å². The maximum Gasteiger partial charge on any atom is 0.129 e. The van der Waals surface area contributed by atoms with Crippen LogP contribution >= 0.6 is 27.5 Å². The molecule has 2 atom stereocenters. The molecule has 0 saturated heterocycles. The minimum atomic E-state index is -0.219. The summed E-state index contributed by atoms with van der Waals surface area (Å²) in [6.45, 7) is 8.91. The van der Waals surface area contributed by atoms with Crippen molar-refractivity contribution in [1.82, 2.24) is 5.32 Å². The SMILES string of the molecule is CNC(CC(C)CC(C)(C)C)c1cc(Cl)c(Br)cc1F. The van der Waals surface area contributed by atoms with Crippen molar-refractivity contribution >= 4 is 27.5 Å². The van der Waals surface area contributed by atoms with Gasteiger partial charge in [0, 0.05) is 16.1 Å². The highest BCUT2D eigenvalue weighted by atomic mass is 79.9. The first-order valence-electron chi connectivity index (χ1n) is 6.95. The van der Waals surface area contributed by atoms with Crippen LogP contribution in [0.4, 0.5) is 4.39 Å². The molecule has 0 bridgehead atoms. The Morgan fingerprint density at radius 2 is 1.95 bits per heavy atom. The Hall–Kier alpha value is -0.120. The van der Waals surface area contributed by atoms with Gasteiger partial charge in [-0.2, -0.15) is 0 Å². The van der Waals surface area contributed by atoms with E-state index in [0.29, 0.717) is 21.0 Å². The summed E-state index contributed by atoms with van der Waals surface area (Å²) in [5, 5.41) is 3.75. The first-order chi connectivity index (χ1) is 9.14. The molecule has 2 unspecified atom stereocenters. The Labute approximate surface area is 135 Å². The smallest absolute Gasteiger partial charge is 0.129 e. The van der Waals surface area contributed by atoms with E-state index in [9.17, 15) is 4.39 Å². The van der Waals surface area contributed by atoms with Crippen LogP contribution in [-0.4, -0.2) is 7.05 Å². The lowest BCUT2D eigenvalue weighted by Crippen LogP contribution is -2.22. The van der Waals surface area contributed by atoms with Gasteiger partial charge < -0.3 is 5.32 Å². The molecule has 4 heteroatoms. The minimum absolute atomic E-state index is 0.0158. The summed E-state index contributed by atoms with van der Waals surface area (Å²) in [6, 6.07) is 3.14. The number of hydrogen-bond acceptors (Lipinski definition) is 1. The van der Waals surface area contributed by atoms with Gasteiger partial charge in [-0.05, 0) is 59.3 Å². The summed E-state index contributed by atoms with van der Waals surface area (Å²) in [7, 11) is 1.86. The monoisotopic (exact) mass is 363 g/mol. The second-order valence-electron chi connectivity index (χ2n) is 6.73. The molecule has 1 aromatic rings. The summed E-state index contributed by atoms with van der Waals surface area (Å²) in [5.41, 5.74) is 0.926. The van der Waals surface area contributed by atoms with Gasteiger partial charge in [0.05, 0.1) is 5.02 Å². The number of halogens is 3. The Bertz CT molecular complexity index is 457. The fraction of sp³-hybridized carbons (Fsp3) is 0.625. The van der Waals surface area contributed by atoms with Crippen LogP contribution < -0.4 is 5.32 Å². The average molecular weight is 365 g/mol. The molecule has 20 heavy (non-hydrogen) atoms.